The van der Waals surface area contributed by atoms with Crippen molar-refractivity contribution >= 4 is 15.9 Å². The SMILES string of the molecule is CC(C)NCc1cc(OCCc2cccnc2)ccc1Br. The maximum absolute atomic E-state index is 5.84. The molecule has 21 heavy (non-hydrogen) atoms. The topological polar surface area (TPSA) is 34.1 Å². The highest BCUT2D eigenvalue weighted by Gasteiger charge is 2.04. The summed E-state index contributed by atoms with van der Waals surface area (Å²) in [5.41, 5.74) is 2.40. The van der Waals surface area contributed by atoms with Gasteiger partial charge < -0.3 is 10.1 Å². The molecule has 2 aromatic rings. The number of pyridine rings is 1. The van der Waals surface area contributed by atoms with Crippen molar-refractivity contribution in [1.29, 1.82) is 0 Å². The Hall–Kier alpha value is -1.39. The molecule has 3 nitrogen and oxygen atoms in total. The average Bonchev–Trinajstić information content (AvgIpc) is 2.48. The van der Waals surface area contributed by atoms with Crippen LogP contribution in [0.3, 0.4) is 0 Å². The van der Waals surface area contributed by atoms with Crippen molar-refractivity contribution in [3.8, 4) is 5.75 Å². The third-order valence-corrected chi connectivity index (χ3v) is 3.87. The van der Waals surface area contributed by atoms with E-state index in [0.29, 0.717) is 12.6 Å². The summed E-state index contributed by atoms with van der Waals surface area (Å²) in [6, 6.07) is 10.6. The van der Waals surface area contributed by atoms with E-state index in [2.05, 4.69) is 52.2 Å². The lowest BCUT2D eigenvalue weighted by atomic mass is 10.2. The van der Waals surface area contributed by atoms with E-state index in [1.807, 2.05) is 24.4 Å². The summed E-state index contributed by atoms with van der Waals surface area (Å²) in [6.45, 7) is 5.77. The number of nitrogens with zero attached hydrogens (tertiary/aromatic N) is 1. The molecule has 0 unspecified atom stereocenters. The van der Waals surface area contributed by atoms with Crippen molar-refractivity contribution in [3.63, 3.8) is 0 Å². The summed E-state index contributed by atoms with van der Waals surface area (Å²) in [5, 5.41) is 3.42. The van der Waals surface area contributed by atoms with Gasteiger partial charge in [-0.2, -0.15) is 0 Å². The van der Waals surface area contributed by atoms with Gasteiger partial charge in [0.25, 0.3) is 0 Å². The minimum Gasteiger partial charge on any atom is -0.493 e. The van der Waals surface area contributed by atoms with Gasteiger partial charge in [0, 0.05) is 35.9 Å². The number of hydrogen-bond acceptors (Lipinski definition) is 3. The molecule has 0 aliphatic rings. The van der Waals surface area contributed by atoms with Crippen molar-refractivity contribution < 1.29 is 4.74 Å². The minimum atomic E-state index is 0.465. The van der Waals surface area contributed by atoms with Gasteiger partial charge in [0.2, 0.25) is 0 Å². The van der Waals surface area contributed by atoms with Crippen LogP contribution in [-0.4, -0.2) is 17.6 Å². The van der Waals surface area contributed by atoms with Crippen LogP contribution < -0.4 is 10.1 Å². The highest BCUT2D eigenvalue weighted by Crippen LogP contribution is 2.23. The van der Waals surface area contributed by atoms with Crippen LogP contribution in [0.1, 0.15) is 25.0 Å². The van der Waals surface area contributed by atoms with Gasteiger partial charge in [-0.05, 0) is 35.4 Å². The van der Waals surface area contributed by atoms with Crippen molar-refractivity contribution in [3.05, 3.63) is 58.3 Å². The molecule has 0 bridgehead atoms. The van der Waals surface area contributed by atoms with Gasteiger partial charge in [0.1, 0.15) is 5.75 Å². The summed E-state index contributed by atoms with van der Waals surface area (Å²) in [5.74, 6) is 0.905. The molecule has 0 spiro atoms. The van der Waals surface area contributed by atoms with E-state index >= 15 is 0 Å². The largest absolute Gasteiger partial charge is 0.493 e. The molecular formula is C17H21BrN2O. The first kappa shape index (κ1) is 16.0. The number of hydrogen-bond donors (Lipinski definition) is 1. The molecule has 1 aromatic carbocycles. The van der Waals surface area contributed by atoms with E-state index in [1.54, 1.807) is 6.20 Å². The Morgan fingerprint density at radius 2 is 2.14 bits per heavy atom. The van der Waals surface area contributed by atoms with Crippen LogP contribution >= 0.6 is 15.9 Å². The first-order valence-corrected chi connectivity index (χ1v) is 7.98. The molecule has 1 heterocycles. The second-order valence-electron chi connectivity index (χ2n) is 5.25. The van der Waals surface area contributed by atoms with Crippen molar-refractivity contribution in [2.45, 2.75) is 32.9 Å². The van der Waals surface area contributed by atoms with Gasteiger partial charge in [-0.3, -0.25) is 4.98 Å². The van der Waals surface area contributed by atoms with Gasteiger partial charge in [0.15, 0.2) is 0 Å². The molecule has 0 saturated carbocycles. The third kappa shape index (κ3) is 5.48. The van der Waals surface area contributed by atoms with E-state index < -0.39 is 0 Å². The van der Waals surface area contributed by atoms with Crippen molar-refractivity contribution in [1.82, 2.24) is 10.3 Å². The van der Waals surface area contributed by atoms with Gasteiger partial charge in [-0.25, -0.2) is 0 Å². The van der Waals surface area contributed by atoms with Crippen LogP contribution in [0.15, 0.2) is 47.2 Å². The zero-order valence-electron chi connectivity index (χ0n) is 12.5. The standard InChI is InChI=1S/C17H21BrN2O/c1-13(2)20-12-15-10-16(5-6-17(15)18)21-9-7-14-4-3-8-19-11-14/h3-6,8,10-11,13,20H,7,9,12H2,1-2H3. The second kappa shape index (κ2) is 8.15. The smallest absolute Gasteiger partial charge is 0.119 e. The molecular weight excluding hydrogens is 328 g/mol. The Balaban J connectivity index is 1.89. The van der Waals surface area contributed by atoms with Gasteiger partial charge in [-0.15, -0.1) is 0 Å². The molecule has 0 saturated heterocycles. The number of halogens is 1. The summed E-state index contributed by atoms with van der Waals surface area (Å²) in [6.07, 6.45) is 4.53. The normalized spacial score (nSPS) is 10.9. The Bertz CT molecular complexity index is 558. The van der Waals surface area contributed by atoms with Gasteiger partial charge in [0.05, 0.1) is 6.61 Å². The Morgan fingerprint density at radius 1 is 1.29 bits per heavy atom. The fourth-order valence-corrected chi connectivity index (χ4v) is 2.31. The third-order valence-electron chi connectivity index (χ3n) is 3.10. The van der Waals surface area contributed by atoms with Crippen LogP contribution in [-0.2, 0) is 13.0 Å². The second-order valence-corrected chi connectivity index (χ2v) is 6.10. The van der Waals surface area contributed by atoms with Gasteiger partial charge >= 0.3 is 0 Å². The van der Waals surface area contributed by atoms with E-state index in [1.165, 1.54) is 11.1 Å². The number of rotatable bonds is 7. The molecule has 2 rings (SSSR count). The van der Waals surface area contributed by atoms with Crippen molar-refractivity contribution in [2.24, 2.45) is 0 Å². The first-order valence-electron chi connectivity index (χ1n) is 7.18. The lowest BCUT2D eigenvalue weighted by Crippen LogP contribution is -2.22. The maximum atomic E-state index is 5.84. The molecule has 0 atom stereocenters. The van der Waals surface area contributed by atoms with Gasteiger partial charge in [-0.1, -0.05) is 35.8 Å². The lowest BCUT2D eigenvalue weighted by molar-refractivity contribution is 0.321. The van der Waals surface area contributed by atoms with E-state index in [9.17, 15) is 0 Å². The molecule has 1 aromatic heterocycles. The monoisotopic (exact) mass is 348 g/mol. The zero-order valence-corrected chi connectivity index (χ0v) is 14.1. The fourth-order valence-electron chi connectivity index (χ4n) is 1.92. The molecule has 0 aliphatic heterocycles. The molecule has 112 valence electrons. The van der Waals surface area contributed by atoms with Crippen LogP contribution in [0.2, 0.25) is 0 Å². The fraction of sp³-hybridized carbons (Fsp3) is 0.353. The number of nitrogens with one attached hydrogen (secondary N) is 1. The van der Waals surface area contributed by atoms with E-state index in [4.69, 9.17) is 4.74 Å². The first-order chi connectivity index (χ1) is 10.1. The Labute approximate surface area is 134 Å². The molecule has 4 heteroatoms. The summed E-state index contributed by atoms with van der Waals surface area (Å²) in [7, 11) is 0. The Morgan fingerprint density at radius 3 is 2.86 bits per heavy atom. The van der Waals surface area contributed by atoms with Crippen LogP contribution in [0.25, 0.3) is 0 Å². The van der Waals surface area contributed by atoms with Crippen LogP contribution in [0.5, 0.6) is 5.75 Å². The average molecular weight is 349 g/mol. The highest BCUT2D eigenvalue weighted by molar-refractivity contribution is 9.10. The van der Waals surface area contributed by atoms with Crippen LogP contribution in [0.4, 0.5) is 0 Å². The minimum absolute atomic E-state index is 0.465. The van der Waals surface area contributed by atoms with E-state index in [-0.39, 0.29) is 0 Å². The zero-order chi connectivity index (χ0) is 15.1. The van der Waals surface area contributed by atoms with E-state index in [0.717, 1.165) is 23.2 Å². The summed E-state index contributed by atoms with van der Waals surface area (Å²) in [4.78, 5) is 4.11. The summed E-state index contributed by atoms with van der Waals surface area (Å²) < 4.78 is 6.94. The summed E-state index contributed by atoms with van der Waals surface area (Å²) >= 11 is 3.58. The quantitative estimate of drug-likeness (QED) is 0.822. The van der Waals surface area contributed by atoms with Crippen molar-refractivity contribution in [2.75, 3.05) is 6.61 Å². The predicted molar refractivity (Wildman–Crippen MR) is 89.6 cm³/mol. The lowest BCUT2D eigenvalue weighted by Gasteiger charge is -2.12. The molecule has 0 fully saturated rings. The number of aromatic nitrogens is 1. The predicted octanol–water partition coefficient (Wildman–Crippen LogP) is 3.96. The number of ether oxygens (including phenoxy) is 1. The van der Waals surface area contributed by atoms with Crippen LogP contribution in [0, 0.1) is 0 Å². The number of benzene rings is 1. The highest BCUT2D eigenvalue weighted by atomic mass is 79.9. The molecule has 0 radical (unpaired) electrons. The maximum Gasteiger partial charge on any atom is 0.119 e. The molecule has 0 amide bonds. The molecule has 0 aliphatic carbocycles. The molecule has 1 N–H and O–H groups in total. The Kier molecular flexibility index (Phi) is 6.21.